The van der Waals surface area contributed by atoms with E-state index in [1.54, 1.807) is 6.26 Å². The molecule has 4 rings (SSSR count). The Labute approximate surface area is 115 Å². The summed E-state index contributed by atoms with van der Waals surface area (Å²) in [5.41, 5.74) is 2.23. The number of nitrogens with one attached hydrogen (secondary N) is 1. The van der Waals surface area contributed by atoms with Crippen molar-refractivity contribution in [1.29, 1.82) is 0 Å². The molecular formula is C17H13NO2. The molecule has 4 aromatic rings. The summed E-state index contributed by atoms with van der Waals surface area (Å²) in [7, 11) is 0. The van der Waals surface area contributed by atoms with E-state index in [1.165, 1.54) is 10.8 Å². The number of furan rings is 1. The van der Waals surface area contributed by atoms with Gasteiger partial charge in [-0.15, -0.1) is 0 Å². The van der Waals surface area contributed by atoms with Crippen LogP contribution >= 0.6 is 0 Å². The minimum atomic E-state index is 0.443. The molecule has 98 valence electrons. The second-order valence-electron chi connectivity index (χ2n) is 4.75. The highest BCUT2D eigenvalue weighted by atomic mass is 16.5. The largest absolute Gasteiger partial charge is 0.486 e. The summed E-state index contributed by atoms with van der Waals surface area (Å²) in [4.78, 5) is 3.41. The minimum Gasteiger partial charge on any atom is -0.486 e. The first-order valence-electron chi connectivity index (χ1n) is 6.56. The topological polar surface area (TPSA) is 38.2 Å². The molecular weight excluding hydrogens is 250 g/mol. The number of ether oxygens (including phenoxy) is 1. The zero-order valence-corrected chi connectivity index (χ0v) is 10.8. The molecule has 0 amide bonds. The van der Waals surface area contributed by atoms with Crippen molar-refractivity contribution >= 4 is 21.8 Å². The highest BCUT2D eigenvalue weighted by molar-refractivity contribution is 6.07. The number of benzene rings is 2. The van der Waals surface area contributed by atoms with Crippen molar-refractivity contribution in [3.8, 4) is 5.75 Å². The normalized spacial score (nSPS) is 11.2. The summed E-state index contributed by atoms with van der Waals surface area (Å²) in [5.74, 6) is 1.65. The van der Waals surface area contributed by atoms with Crippen LogP contribution in [0.5, 0.6) is 5.75 Å². The number of hydrogen-bond acceptors (Lipinski definition) is 2. The molecule has 3 nitrogen and oxygen atoms in total. The first kappa shape index (κ1) is 11.2. The second-order valence-corrected chi connectivity index (χ2v) is 4.75. The molecule has 20 heavy (non-hydrogen) atoms. The predicted molar refractivity (Wildman–Crippen MR) is 78.8 cm³/mol. The van der Waals surface area contributed by atoms with Crippen LogP contribution in [0.4, 0.5) is 0 Å². The van der Waals surface area contributed by atoms with Crippen LogP contribution in [-0.4, -0.2) is 4.98 Å². The molecule has 2 heterocycles. The van der Waals surface area contributed by atoms with E-state index in [2.05, 4.69) is 29.2 Å². The van der Waals surface area contributed by atoms with Gasteiger partial charge in [0.05, 0.1) is 11.8 Å². The molecule has 1 N–H and O–H groups in total. The van der Waals surface area contributed by atoms with Crippen LogP contribution in [0.15, 0.2) is 65.3 Å². The van der Waals surface area contributed by atoms with Crippen LogP contribution in [0.3, 0.4) is 0 Å². The summed E-state index contributed by atoms with van der Waals surface area (Å²) in [6.07, 6.45) is 1.65. The lowest BCUT2D eigenvalue weighted by atomic mass is 10.1. The summed E-state index contributed by atoms with van der Waals surface area (Å²) in [5, 5.41) is 2.45. The average Bonchev–Trinajstić information content (AvgIpc) is 3.12. The van der Waals surface area contributed by atoms with Gasteiger partial charge in [-0.2, -0.15) is 0 Å². The quantitative estimate of drug-likeness (QED) is 0.591. The summed E-state index contributed by atoms with van der Waals surface area (Å²) < 4.78 is 11.0. The van der Waals surface area contributed by atoms with Crippen LogP contribution in [0, 0.1) is 0 Å². The highest BCUT2D eigenvalue weighted by Gasteiger charge is 2.05. The van der Waals surface area contributed by atoms with Gasteiger partial charge >= 0.3 is 0 Å². The highest BCUT2D eigenvalue weighted by Crippen LogP contribution is 2.28. The van der Waals surface area contributed by atoms with E-state index in [0.29, 0.717) is 6.61 Å². The predicted octanol–water partition coefficient (Wildman–Crippen LogP) is 4.49. The summed E-state index contributed by atoms with van der Waals surface area (Å²) >= 11 is 0. The van der Waals surface area contributed by atoms with Crippen molar-refractivity contribution in [2.75, 3.05) is 0 Å². The average molecular weight is 263 g/mol. The van der Waals surface area contributed by atoms with Gasteiger partial charge in [0.15, 0.2) is 0 Å². The van der Waals surface area contributed by atoms with Crippen molar-refractivity contribution in [2.45, 2.75) is 6.61 Å². The summed E-state index contributed by atoms with van der Waals surface area (Å²) in [6, 6.07) is 18.2. The third kappa shape index (κ3) is 1.84. The number of aromatic amines is 1. The van der Waals surface area contributed by atoms with Gasteiger partial charge in [0.25, 0.3) is 0 Å². The van der Waals surface area contributed by atoms with Crippen molar-refractivity contribution in [3.63, 3.8) is 0 Å². The number of H-pyrrole nitrogens is 1. The van der Waals surface area contributed by atoms with E-state index in [-0.39, 0.29) is 0 Å². The van der Waals surface area contributed by atoms with Gasteiger partial charge in [-0.05, 0) is 30.3 Å². The maximum Gasteiger partial charge on any atom is 0.146 e. The smallest absolute Gasteiger partial charge is 0.146 e. The first-order chi connectivity index (χ1) is 9.90. The van der Waals surface area contributed by atoms with E-state index in [9.17, 15) is 0 Å². The Hall–Kier alpha value is -2.68. The molecule has 2 aromatic heterocycles. The summed E-state index contributed by atoms with van der Waals surface area (Å²) in [6.45, 7) is 0.443. The van der Waals surface area contributed by atoms with Crippen molar-refractivity contribution in [2.24, 2.45) is 0 Å². The number of fused-ring (bicyclic) bond motifs is 3. The Bertz CT molecular complexity index is 859. The van der Waals surface area contributed by atoms with Gasteiger partial charge in [0.2, 0.25) is 0 Å². The Morgan fingerprint density at radius 2 is 1.80 bits per heavy atom. The van der Waals surface area contributed by atoms with Gasteiger partial charge in [-0.25, -0.2) is 0 Å². The third-order valence-corrected chi connectivity index (χ3v) is 3.44. The van der Waals surface area contributed by atoms with Crippen molar-refractivity contribution in [3.05, 3.63) is 66.6 Å². The maximum atomic E-state index is 5.74. The van der Waals surface area contributed by atoms with E-state index in [0.717, 1.165) is 22.5 Å². The zero-order chi connectivity index (χ0) is 13.4. The van der Waals surface area contributed by atoms with Crippen LogP contribution < -0.4 is 4.74 Å². The Morgan fingerprint density at radius 3 is 2.70 bits per heavy atom. The van der Waals surface area contributed by atoms with Crippen LogP contribution in [0.1, 0.15) is 5.76 Å². The number of aromatic nitrogens is 1. The number of hydrogen-bond donors (Lipinski definition) is 1. The number of rotatable bonds is 3. The lowest BCUT2D eigenvalue weighted by molar-refractivity contribution is 0.270. The van der Waals surface area contributed by atoms with E-state index in [1.807, 2.05) is 30.3 Å². The fraction of sp³-hybridized carbons (Fsp3) is 0.0588. The molecule has 0 unspecified atom stereocenters. The molecule has 0 fully saturated rings. The number of para-hydroxylation sites is 1. The minimum absolute atomic E-state index is 0.443. The molecule has 2 aromatic carbocycles. The lowest BCUT2D eigenvalue weighted by Gasteiger charge is -2.04. The van der Waals surface area contributed by atoms with Gasteiger partial charge in [-0.1, -0.05) is 18.2 Å². The van der Waals surface area contributed by atoms with Crippen LogP contribution in [0.25, 0.3) is 21.8 Å². The lowest BCUT2D eigenvalue weighted by Crippen LogP contribution is -1.93. The Kier molecular flexibility index (Phi) is 2.49. The fourth-order valence-electron chi connectivity index (χ4n) is 2.47. The van der Waals surface area contributed by atoms with E-state index < -0.39 is 0 Å². The van der Waals surface area contributed by atoms with Gasteiger partial charge in [0.1, 0.15) is 18.1 Å². The molecule has 0 spiro atoms. The zero-order valence-electron chi connectivity index (χ0n) is 10.8. The van der Waals surface area contributed by atoms with Crippen LogP contribution in [-0.2, 0) is 6.61 Å². The van der Waals surface area contributed by atoms with E-state index >= 15 is 0 Å². The maximum absolute atomic E-state index is 5.74. The molecule has 0 aliphatic rings. The van der Waals surface area contributed by atoms with Gasteiger partial charge in [-0.3, -0.25) is 0 Å². The molecule has 0 aliphatic carbocycles. The third-order valence-electron chi connectivity index (χ3n) is 3.44. The molecule has 0 saturated heterocycles. The fourth-order valence-corrected chi connectivity index (χ4v) is 2.47. The molecule has 0 aliphatic heterocycles. The second kappa shape index (κ2) is 4.46. The van der Waals surface area contributed by atoms with E-state index in [4.69, 9.17) is 9.15 Å². The van der Waals surface area contributed by atoms with Gasteiger partial charge < -0.3 is 14.1 Å². The molecule has 0 bridgehead atoms. The van der Waals surface area contributed by atoms with Crippen molar-refractivity contribution in [1.82, 2.24) is 4.98 Å². The first-order valence-corrected chi connectivity index (χ1v) is 6.56. The SMILES string of the molecule is c1coc(COc2ccc3c(c2)[nH]c2ccccc23)c1. The van der Waals surface area contributed by atoms with Crippen LogP contribution in [0.2, 0.25) is 0 Å². The standard InChI is InChI=1S/C17H13NO2/c1-2-6-16-14(5-1)15-8-7-12(10-17(15)18-16)20-11-13-4-3-9-19-13/h1-10,18H,11H2. The monoisotopic (exact) mass is 263 g/mol. The molecule has 3 heteroatoms. The Morgan fingerprint density at radius 1 is 0.900 bits per heavy atom. The Balaban J connectivity index is 1.69. The molecule has 0 atom stereocenters. The molecule has 0 saturated carbocycles. The van der Waals surface area contributed by atoms with Gasteiger partial charge in [0, 0.05) is 22.4 Å². The molecule has 0 radical (unpaired) electrons. The van der Waals surface area contributed by atoms with Crippen molar-refractivity contribution < 1.29 is 9.15 Å².